The van der Waals surface area contributed by atoms with Gasteiger partial charge in [-0.15, -0.1) is 0 Å². The van der Waals surface area contributed by atoms with Gasteiger partial charge in [-0.25, -0.2) is 8.42 Å². The summed E-state index contributed by atoms with van der Waals surface area (Å²) in [6.07, 6.45) is 0.579. The van der Waals surface area contributed by atoms with E-state index in [-0.39, 0.29) is 17.7 Å². The molecule has 1 aromatic carbocycles. The molecule has 21 heavy (non-hydrogen) atoms. The SMILES string of the molecule is CC(C)(C)CCS(=O)(=O)Nc1ccc(Cl)c(C#CCN)c1. The van der Waals surface area contributed by atoms with E-state index in [4.69, 9.17) is 17.3 Å². The zero-order chi connectivity index (χ0) is 16.1. The molecule has 0 aromatic heterocycles. The fourth-order valence-electron chi connectivity index (χ4n) is 1.50. The van der Waals surface area contributed by atoms with Gasteiger partial charge in [0.05, 0.1) is 17.3 Å². The minimum Gasteiger partial charge on any atom is -0.320 e. The Morgan fingerprint density at radius 3 is 2.57 bits per heavy atom. The summed E-state index contributed by atoms with van der Waals surface area (Å²) in [4.78, 5) is 0. The molecule has 0 spiro atoms. The Labute approximate surface area is 132 Å². The standard InChI is InChI=1S/C15H21ClN2O2S/c1-15(2,3)8-10-21(19,20)18-13-6-7-14(16)12(11-13)5-4-9-17/h6-7,11,18H,8-10,17H2,1-3H3. The summed E-state index contributed by atoms with van der Waals surface area (Å²) in [5.74, 6) is 5.58. The predicted octanol–water partition coefficient (Wildman–Crippen LogP) is 2.83. The average molecular weight is 329 g/mol. The molecule has 0 atom stereocenters. The lowest BCUT2D eigenvalue weighted by Crippen LogP contribution is -2.20. The van der Waals surface area contributed by atoms with Gasteiger partial charge in [-0.2, -0.15) is 0 Å². The molecule has 0 saturated carbocycles. The van der Waals surface area contributed by atoms with Crippen molar-refractivity contribution in [2.24, 2.45) is 11.1 Å². The summed E-state index contributed by atoms with van der Waals surface area (Å²) >= 11 is 6.00. The topological polar surface area (TPSA) is 72.2 Å². The minimum absolute atomic E-state index is 0.0352. The molecule has 1 rings (SSSR count). The number of rotatable bonds is 4. The van der Waals surface area contributed by atoms with Gasteiger partial charge < -0.3 is 5.73 Å². The summed E-state index contributed by atoms with van der Waals surface area (Å²) < 4.78 is 26.7. The van der Waals surface area contributed by atoms with Crippen molar-refractivity contribution in [2.75, 3.05) is 17.0 Å². The van der Waals surface area contributed by atoms with Crippen LogP contribution in [0, 0.1) is 17.3 Å². The van der Waals surface area contributed by atoms with Crippen molar-refractivity contribution in [2.45, 2.75) is 27.2 Å². The van der Waals surface area contributed by atoms with Crippen molar-refractivity contribution < 1.29 is 8.42 Å². The Morgan fingerprint density at radius 1 is 1.33 bits per heavy atom. The number of benzene rings is 1. The predicted molar refractivity (Wildman–Crippen MR) is 88.9 cm³/mol. The van der Waals surface area contributed by atoms with Gasteiger partial charge in [0.25, 0.3) is 0 Å². The summed E-state index contributed by atoms with van der Waals surface area (Å²) in [6.45, 7) is 6.24. The van der Waals surface area contributed by atoms with Crippen molar-refractivity contribution in [1.29, 1.82) is 0 Å². The Hall–Kier alpha value is -1.22. The number of halogens is 1. The first-order valence-electron chi connectivity index (χ1n) is 6.62. The second-order valence-electron chi connectivity index (χ2n) is 5.93. The third kappa shape index (κ3) is 6.85. The van der Waals surface area contributed by atoms with Crippen molar-refractivity contribution in [1.82, 2.24) is 0 Å². The van der Waals surface area contributed by atoms with Crippen LogP contribution in [0.1, 0.15) is 32.8 Å². The van der Waals surface area contributed by atoms with Gasteiger partial charge in [0.1, 0.15) is 0 Å². The van der Waals surface area contributed by atoms with Gasteiger partial charge >= 0.3 is 0 Å². The van der Waals surface area contributed by atoms with Crippen LogP contribution in [0.4, 0.5) is 5.69 Å². The molecule has 0 saturated heterocycles. The zero-order valence-corrected chi connectivity index (χ0v) is 14.1. The quantitative estimate of drug-likeness (QED) is 0.835. The molecule has 0 heterocycles. The van der Waals surface area contributed by atoms with Crippen LogP contribution < -0.4 is 10.5 Å². The first kappa shape index (κ1) is 17.8. The lowest BCUT2D eigenvalue weighted by molar-refractivity contribution is 0.397. The van der Waals surface area contributed by atoms with Gasteiger partial charge in [0, 0.05) is 11.3 Å². The third-order valence-corrected chi connectivity index (χ3v) is 4.30. The van der Waals surface area contributed by atoms with E-state index in [1.807, 2.05) is 20.8 Å². The molecular weight excluding hydrogens is 308 g/mol. The molecular formula is C15H21ClN2O2S. The summed E-state index contributed by atoms with van der Waals surface area (Å²) in [6, 6.07) is 4.84. The third-order valence-electron chi connectivity index (χ3n) is 2.69. The average Bonchev–Trinajstić information content (AvgIpc) is 2.36. The highest BCUT2D eigenvalue weighted by Crippen LogP contribution is 2.22. The molecule has 0 aliphatic heterocycles. The van der Waals surface area contributed by atoms with Crippen molar-refractivity contribution >= 4 is 27.3 Å². The molecule has 0 amide bonds. The molecule has 0 radical (unpaired) electrons. The monoisotopic (exact) mass is 328 g/mol. The largest absolute Gasteiger partial charge is 0.320 e. The maximum absolute atomic E-state index is 12.1. The molecule has 4 nitrogen and oxygen atoms in total. The molecule has 0 fully saturated rings. The minimum atomic E-state index is -3.38. The van der Waals surface area contributed by atoms with Crippen LogP contribution in [-0.2, 0) is 10.0 Å². The number of hydrogen-bond donors (Lipinski definition) is 2. The van der Waals surface area contributed by atoms with Crippen LogP contribution in [0.3, 0.4) is 0 Å². The highest BCUT2D eigenvalue weighted by Gasteiger charge is 2.17. The van der Waals surface area contributed by atoms with Crippen molar-refractivity contribution in [3.63, 3.8) is 0 Å². The van der Waals surface area contributed by atoms with E-state index in [1.54, 1.807) is 18.2 Å². The molecule has 6 heteroatoms. The maximum atomic E-state index is 12.1. The van der Waals surface area contributed by atoms with E-state index in [1.165, 1.54) is 0 Å². The van der Waals surface area contributed by atoms with Gasteiger partial charge in [-0.3, -0.25) is 4.72 Å². The highest BCUT2D eigenvalue weighted by atomic mass is 35.5. The zero-order valence-electron chi connectivity index (χ0n) is 12.5. The molecule has 3 N–H and O–H groups in total. The van der Waals surface area contributed by atoms with Crippen LogP contribution in [0.25, 0.3) is 0 Å². The number of sulfonamides is 1. The van der Waals surface area contributed by atoms with E-state index < -0.39 is 10.0 Å². The molecule has 1 aromatic rings. The number of anilines is 1. The smallest absolute Gasteiger partial charge is 0.232 e. The van der Waals surface area contributed by atoms with Crippen LogP contribution in [-0.4, -0.2) is 20.7 Å². The maximum Gasteiger partial charge on any atom is 0.232 e. The molecule has 0 aliphatic carbocycles. The van der Waals surface area contributed by atoms with Gasteiger partial charge in [0.15, 0.2) is 0 Å². The van der Waals surface area contributed by atoms with E-state index >= 15 is 0 Å². The van der Waals surface area contributed by atoms with Gasteiger partial charge in [0.2, 0.25) is 10.0 Å². The van der Waals surface area contributed by atoms with E-state index in [9.17, 15) is 8.42 Å². The van der Waals surface area contributed by atoms with E-state index in [0.717, 1.165) is 0 Å². The Bertz CT molecular complexity index is 652. The first-order chi connectivity index (χ1) is 9.63. The van der Waals surface area contributed by atoms with E-state index in [0.29, 0.717) is 22.7 Å². The van der Waals surface area contributed by atoms with Crippen molar-refractivity contribution in [3.8, 4) is 11.8 Å². The highest BCUT2D eigenvalue weighted by molar-refractivity contribution is 7.92. The Kier molecular flexibility index (Phi) is 6.09. The normalized spacial score (nSPS) is 11.7. The summed E-state index contributed by atoms with van der Waals surface area (Å²) in [5.41, 5.74) is 6.29. The van der Waals surface area contributed by atoms with Gasteiger partial charge in [-0.1, -0.05) is 44.2 Å². The number of hydrogen-bond acceptors (Lipinski definition) is 3. The summed E-state index contributed by atoms with van der Waals surface area (Å²) in [7, 11) is -3.38. The number of nitrogens with one attached hydrogen (secondary N) is 1. The van der Waals surface area contributed by atoms with Crippen molar-refractivity contribution in [3.05, 3.63) is 28.8 Å². The molecule has 116 valence electrons. The lowest BCUT2D eigenvalue weighted by Gasteiger charge is -2.18. The Morgan fingerprint density at radius 2 is 2.00 bits per heavy atom. The van der Waals surface area contributed by atoms with Crippen LogP contribution in [0.2, 0.25) is 5.02 Å². The first-order valence-corrected chi connectivity index (χ1v) is 8.65. The van der Waals surface area contributed by atoms with Gasteiger partial charge in [-0.05, 0) is 30.0 Å². The second-order valence-corrected chi connectivity index (χ2v) is 8.18. The fraction of sp³-hybridized carbons (Fsp3) is 0.467. The second kappa shape index (κ2) is 7.17. The number of nitrogens with two attached hydrogens (primary N) is 1. The summed E-state index contributed by atoms with van der Waals surface area (Å²) in [5, 5.41) is 0.466. The van der Waals surface area contributed by atoms with Crippen LogP contribution >= 0.6 is 11.6 Å². The van der Waals surface area contributed by atoms with Crippen LogP contribution in [0.5, 0.6) is 0 Å². The van der Waals surface area contributed by atoms with E-state index in [2.05, 4.69) is 16.6 Å². The fourth-order valence-corrected chi connectivity index (χ4v) is 3.14. The Balaban J connectivity index is 2.88. The molecule has 0 bridgehead atoms. The lowest BCUT2D eigenvalue weighted by atomic mass is 9.94. The molecule has 0 aliphatic rings. The molecule has 0 unspecified atom stereocenters. The van der Waals surface area contributed by atoms with Crippen LogP contribution in [0.15, 0.2) is 18.2 Å².